The fourth-order valence-electron chi connectivity index (χ4n) is 6.20. The second kappa shape index (κ2) is 9.05. The van der Waals surface area contributed by atoms with E-state index in [0.29, 0.717) is 17.6 Å². The fraction of sp³-hybridized carbons (Fsp3) is 0.552. The maximum absolute atomic E-state index is 13.7. The molecular weight excluding hydrogens is 444 g/mol. The fourth-order valence-corrected chi connectivity index (χ4v) is 6.20. The first-order chi connectivity index (χ1) is 16.4. The SMILES string of the molecule is CC(=O)O[C@@H]1C[C@@H]2[C@H](/C=C(\C)C(=O)[C@@]3(O)C[C@@H](C)[C@H](OC(=O)c4ccccc4)[C@H]3/C=C/1C)C2(C)C. The van der Waals surface area contributed by atoms with Crippen LogP contribution >= 0.6 is 0 Å². The van der Waals surface area contributed by atoms with Crippen LogP contribution < -0.4 is 0 Å². The highest BCUT2D eigenvalue weighted by Crippen LogP contribution is 2.62. The van der Waals surface area contributed by atoms with Crippen LogP contribution in [0, 0.1) is 29.1 Å². The monoisotopic (exact) mass is 480 g/mol. The summed E-state index contributed by atoms with van der Waals surface area (Å²) in [6.07, 6.45) is 3.40. The summed E-state index contributed by atoms with van der Waals surface area (Å²) in [5, 5.41) is 11.9. The van der Waals surface area contributed by atoms with Crippen LogP contribution in [0.4, 0.5) is 0 Å². The number of benzene rings is 1. The first-order valence-electron chi connectivity index (χ1n) is 12.4. The molecule has 6 heteroatoms. The molecule has 1 aromatic rings. The van der Waals surface area contributed by atoms with Gasteiger partial charge in [-0.2, -0.15) is 0 Å². The van der Waals surface area contributed by atoms with E-state index in [9.17, 15) is 19.5 Å². The van der Waals surface area contributed by atoms with Crippen molar-refractivity contribution in [1.82, 2.24) is 0 Å². The molecule has 2 fully saturated rings. The summed E-state index contributed by atoms with van der Waals surface area (Å²) in [5.41, 5.74) is -0.0552. The third-order valence-electron chi connectivity index (χ3n) is 8.40. The van der Waals surface area contributed by atoms with Crippen molar-refractivity contribution in [2.45, 2.75) is 72.2 Å². The molecule has 0 heterocycles. The van der Waals surface area contributed by atoms with Crippen molar-refractivity contribution in [2.75, 3.05) is 0 Å². The Morgan fingerprint density at radius 2 is 1.69 bits per heavy atom. The third kappa shape index (κ3) is 4.61. The van der Waals surface area contributed by atoms with Crippen LogP contribution in [0.5, 0.6) is 0 Å². The van der Waals surface area contributed by atoms with E-state index >= 15 is 0 Å². The normalized spacial score (nSPS) is 39.0. The molecule has 3 aliphatic carbocycles. The Balaban J connectivity index is 1.76. The summed E-state index contributed by atoms with van der Waals surface area (Å²) in [6, 6.07) is 8.69. The van der Waals surface area contributed by atoms with E-state index in [1.165, 1.54) is 6.92 Å². The van der Waals surface area contributed by atoms with Gasteiger partial charge in [-0.25, -0.2) is 4.79 Å². The number of ether oxygens (including phenoxy) is 2. The average Bonchev–Trinajstić information content (AvgIpc) is 3.20. The van der Waals surface area contributed by atoms with Gasteiger partial charge in [-0.3, -0.25) is 9.59 Å². The van der Waals surface area contributed by atoms with E-state index < -0.39 is 29.7 Å². The first-order valence-corrected chi connectivity index (χ1v) is 12.4. The van der Waals surface area contributed by atoms with E-state index in [1.54, 1.807) is 37.3 Å². The van der Waals surface area contributed by atoms with Gasteiger partial charge >= 0.3 is 11.9 Å². The summed E-state index contributed by atoms with van der Waals surface area (Å²) in [6.45, 7) is 11.2. The van der Waals surface area contributed by atoms with Crippen molar-refractivity contribution in [1.29, 1.82) is 0 Å². The molecule has 4 rings (SSSR count). The van der Waals surface area contributed by atoms with Gasteiger partial charge in [0.2, 0.25) is 0 Å². The molecule has 35 heavy (non-hydrogen) atoms. The molecule has 1 N–H and O–H groups in total. The van der Waals surface area contributed by atoms with Crippen LogP contribution in [-0.4, -0.2) is 40.6 Å². The Kier molecular flexibility index (Phi) is 6.56. The molecular formula is C29H36O6. The standard InChI is InChI=1S/C29H36O6/c1-16-12-23-25(35-27(32)20-10-8-7-9-11-20)18(3)15-29(23,33)26(31)17(2)13-21-22(28(21,5)6)14-24(16)34-19(4)30/h7-13,18,21-25,33H,14-15H2,1-6H3/b16-12+,17-13+/t18-,21+,22-,23-,24-,25+,29-/m1/s1. The maximum atomic E-state index is 13.7. The summed E-state index contributed by atoms with van der Waals surface area (Å²) in [7, 11) is 0. The van der Waals surface area contributed by atoms with E-state index in [2.05, 4.69) is 13.8 Å². The summed E-state index contributed by atoms with van der Waals surface area (Å²) < 4.78 is 11.6. The molecule has 0 aliphatic heterocycles. The highest BCUT2D eigenvalue weighted by molar-refractivity contribution is 6.02. The number of allylic oxidation sites excluding steroid dienone is 1. The minimum absolute atomic E-state index is 0.0296. The number of hydrogen-bond donors (Lipinski definition) is 1. The predicted octanol–water partition coefficient (Wildman–Crippen LogP) is 4.67. The smallest absolute Gasteiger partial charge is 0.338 e. The van der Waals surface area contributed by atoms with Gasteiger partial charge in [0.15, 0.2) is 5.78 Å². The molecule has 0 bridgehead atoms. The van der Waals surface area contributed by atoms with E-state index in [0.717, 1.165) is 5.57 Å². The van der Waals surface area contributed by atoms with Gasteiger partial charge < -0.3 is 14.6 Å². The lowest BCUT2D eigenvalue weighted by molar-refractivity contribution is -0.145. The molecule has 0 saturated heterocycles. The Hall–Kier alpha value is -2.73. The van der Waals surface area contributed by atoms with Crippen molar-refractivity contribution in [3.05, 3.63) is 59.2 Å². The molecule has 7 atom stereocenters. The molecule has 3 aliphatic rings. The van der Waals surface area contributed by atoms with Crippen molar-refractivity contribution >= 4 is 17.7 Å². The molecule has 0 amide bonds. The minimum atomic E-state index is -1.72. The largest absolute Gasteiger partial charge is 0.458 e. The Morgan fingerprint density at radius 1 is 1.03 bits per heavy atom. The number of rotatable bonds is 3. The molecule has 6 nitrogen and oxygen atoms in total. The zero-order chi connectivity index (χ0) is 25.7. The van der Waals surface area contributed by atoms with E-state index in [1.807, 2.05) is 26.0 Å². The molecule has 1 aromatic carbocycles. The molecule has 0 aromatic heterocycles. The summed E-state index contributed by atoms with van der Waals surface area (Å²) in [4.78, 5) is 38.6. The summed E-state index contributed by atoms with van der Waals surface area (Å²) in [5.74, 6) is -1.81. The topological polar surface area (TPSA) is 89.9 Å². The number of carbonyl (C=O) groups excluding carboxylic acids is 3. The Bertz CT molecular complexity index is 1080. The van der Waals surface area contributed by atoms with Crippen molar-refractivity contribution in [3.8, 4) is 0 Å². The predicted molar refractivity (Wildman–Crippen MR) is 131 cm³/mol. The first kappa shape index (κ1) is 25.4. The van der Waals surface area contributed by atoms with Crippen LogP contribution in [0.1, 0.15) is 64.7 Å². The van der Waals surface area contributed by atoms with Gasteiger partial charge in [-0.1, -0.05) is 51.1 Å². The molecule has 0 radical (unpaired) electrons. The van der Waals surface area contributed by atoms with E-state index in [4.69, 9.17) is 9.47 Å². The van der Waals surface area contributed by atoms with Crippen molar-refractivity contribution < 1.29 is 29.0 Å². The number of ketones is 1. The zero-order valence-corrected chi connectivity index (χ0v) is 21.4. The van der Waals surface area contributed by atoms with Crippen molar-refractivity contribution in [3.63, 3.8) is 0 Å². The Morgan fingerprint density at radius 3 is 2.31 bits per heavy atom. The third-order valence-corrected chi connectivity index (χ3v) is 8.40. The quantitative estimate of drug-likeness (QED) is 0.500. The second-order valence-electron chi connectivity index (χ2n) is 11.2. The van der Waals surface area contributed by atoms with Crippen LogP contribution in [-0.2, 0) is 19.1 Å². The highest BCUT2D eigenvalue weighted by atomic mass is 16.5. The van der Waals surface area contributed by atoms with Crippen LogP contribution in [0.15, 0.2) is 53.6 Å². The number of esters is 2. The number of Topliss-reactive ketones (excluding diaryl/α,β-unsaturated/α-hetero) is 1. The van der Waals surface area contributed by atoms with E-state index in [-0.39, 0.29) is 41.3 Å². The molecule has 0 spiro atoms. The van der Waals surface area contributed by atoms with Gasteiger partial charge in [-0.05, 0) is 73.1 Å². The second-order valence-corrected chi connectivity index (χ2v) is 11.2. The van der Waals surface area contributed by atoms with Gasteiger partial charge in [0.05, 0.1) is 11.5 Å². The van der Waals surface area contributed by atoms with Gasteiger partial charge in [0, 0.05) is 6.92 Å². The summed E-state index contributed by atoms with van der Waals surface area (Å²) >= 11 is 0. The maximum Gasteiger partial charge on any atom is 0.338 e. The lowest BCUT2D eigenvalue weighted by Crippen LogP contribution is -2.45. The number of hydrogen-bond acceptors (Lipinski definition) is 6. The lowest BCUT2D eigenvalue weighted by Gasteiger charge is -2.31. The number of aliphatic hydroxyl groups is 1. The van der Waals surface area contributed by atoms with Gasteiger partial charge in [0.1, 0.15) is 17.8 Å². The molecule has 2 saturated carbocycles. The van der Waals surface area contributed by atoms with Gasteiger partial charge in [0.25, 0.3) is 0 Å². The van der Waals surface area contributed by atoms with Gasteiger partial charge in [-0.15, -0.1) is 0 Å². The van der Waals surface area contributed by atoms with Crippen molar-refractivity contribution in [2.24, 2.45) is 29.1 Å². The average molecular weight is 481 g/mol. The molecule has 0 unspecified atom stereocenters. The Labute approximate surface area is 207 Å². The minimum Gasteiger partial charge on any atom is -0.458 e. The molecule has 188 valence electrons. The number of fused-ring (bicyclic) bond motifs is 2. The lowest BCUT2D eigenvalue weighted by atomic mass is 9.81. The number of carbonyl (C=O) groups is 3. The van der Waals surface area contributed by atoms with Crippen LogP contribution in [0.25, 0.3) is 0 Å². The zero-order valence-electron chi connectivity index (χ0n) is 21.4. The highest BCUT2D eigenvalue weighted by Gasteiger charge is 2.60. The van der Waals surface area contributed by atoms with Crippen LogP contribution in [0.3, 0.4) is 0 Å². The van der Waals surface area contributed by atoms with Crippen LogP contribution in [0.2, 0.25) is 0 Å².